The maximum Gasteiger partial charge on any atom is 0.209 e. The van der Waals surface area contributed by atoms with Gasteiger partial charge in [0.2, 0.25) is 5.16 Å². The first-order chi connectivity index (χ1) is 10.3. The van der Waals surface area contributed by atoms with E-state index >= 15 is 0 Å². The predicted molar refractivity (Wildman–Crippen MR) is 83.0 cm³/mol. The summed E-state index contributed by atoms with van der Waals surface area (Å²) in [7, 11) is 0. The molecule has 0 atom stereocenters. The van der Waals surface area contributed by atoms with E-state index in [-0.39, 0.29) is 5.82 Å². The van der Waals surface area contributed by atoms with Crippen molar-refractivity contribution in [2.75, 3.05) is 6.26 Å². The number of aromatic amines is 1. The third-order valence-electron chi connectivity index (χ3n) is 2.54. The Bertz CT molecular complexity index is 742. The van der Waals surface area contributed by atoms with E-state index in [9.17, 15) is 4.39 Å². The quantitative estimate of drug-likeness (QED) is 0.718. The highest BCUT2D eigenvalue weighted by Gasteiger charge is 2.11. The van der Waals surface area contributed by atoms with Gasteiger partial charge in [-0.05, 0) is 18.4 Å². The zero-order valence-electron chi connectivity index (χ0n) is 10.9. The summed E-state index contributed by atoms with van der Waals surface area (Å²) < 4.78 is 14.6. The molecule has 5 nitrogen and oxygen atoms in total. The second kappa shape index (κ2) is 6.54. The minimum Gasteiger partial charge on any atom is -0.258 e. The van der Waals surface area contributed by atoms with Crippen LogP contribution in [0.5, 0.6) is 0 Å². The van der Waals surface area contributed by atoms with Gasteiger partial charge in [0.05, 0.1) is 11.3 Å². The fourth-order valence-corrected chi connectivity index (χ4v) is 3.69. The van der Waals surface area contributed by atoms with E-state index in [1.807, 2.05) is 6.26 Å². The van der Waals surface area contributed by atoms with E-state index in [4.69, 9.17) is 0 Å². The number of thioether (sulfide) groups is 2. The average Bonchev–Trinajstić information content (AvgIpc) is 3.14. The Morgan fingerprint density at radius 3 is 2.90 bits per heavy atom. The highest BCUT2D eigenvalue weighted by molar-refractivity contribution is 8.00. The molecule has 0 fully saturated rings. The lowest BCUT2D eigenvalue weighted by Gasteiger charge is -1.96. The van der Waals surface area contributed by atoms with Crippen molar-refractivity contribution in [2.24, 2.45) is 0 Å². The molecule has 0 saturated carbocycles. The normalized spacial score (nSPS) is 11.0. The topological polar surface area (TPSA) is 67.3 Å². The molecule has 0 amide bonds. The average molecular weight is 339 g/mol. The molecule has 2 heterocycles. The molecule has 108 valence electrons. The van der Waals surface area contributed by atoms with Gasteiger partial charge >= 0.3 is 0 Å². The molecule has 0 unspecified atom stereocenters. The Balaban J connectivity index is 1.69. The lowest BCUT2D eigenvalue weighted by molar-refractivity contribution is 0.630. The highest BCUT2D eigenvalue weighted by atomic mass is 32.2. The number of nitrogens with one attached hydrogen (secondary N) is 1. The van der Waals surface area contributed by atoms with Crippen molar-refractivity contribution in [3.8, 4) is 11.4 Å². The van der Waals surface area contributed by atoms with Crippen LogP contribution in [0.25, 0.3) is 11.4 Å². The smallest absolute Gasteiger partial charge is 0.209 e. The Hall–Kier alpha value is -1.45. The number of benzene rings is 1. The number of H-pyrrole nitrogens is 1. The Morgan fingerprint density at radius 2 is 2.14 bits per heavy atom. The lowest BCUT2D eigenvalue weighted by atomic mass is 10.2. The molecule has 9 heteroatoms. The summed E-state index contributed by atoms with van der Waals surface area (Å²) in [5.74, 6) is 0.754. The second-order valence-electron chi connectivity index (χ2n) is 3.90. The van der Waals surface area contributed by atoms with Gasteiger partial charge in [-0.25, -0.2) is 9.37 Å². The van der Waals surface area contributed by atoms with Crippen molar-refractivity contribution < 1.29 is 4.39 Å². The molecule has 0 saturated heterocycles. The van der Waals surface area contributed by atoms with Crippen LogP contribution in [0.4, 0.5) is 4.39 Å². The van der Waals surface area contributed by atoms with Crippen LogP contribution in [0.3, 0.4) is 0 Å². The van der Waals surface area contributed by atoms with E-state index in [0.29, 0.717) is 22.3 Å². The van der Waals surface area contributed by atoms with Crippen LogP contribution in [-0.4, -0.2) is 31.6 Å². The summed E-state index contributed by atoms with van der Waals surface area (Å²) in [6, 6.07) is 6.47. The Labute approximate surface area is 132 Å². The van der Waals surface area contributed by atoms with Crippen LogP contribution in [-0.2, 0) is 5.75 Å². The summed E-state index contributed by atoms with van der Waals surface area (Å²) in [4.78, 5) is 4.29. The van der Waals surface area contributed by atoms with E-state index in [0.717, 1.165) is 9.35 Å². The van der Waals surface area contributed by atoms with Crippen LogP contribution in [0.2, 0.25) is 0 Å². The SMILES string of the molecule is CSc1nnc(CSc2n[nH]c(-c3ccccc3F)n2)s1. The fraction of sp³-hybridized carbons (Fsp3) is 0.167. The number of rotatable bonds is 5. The largest absolute Gasteiger partial charge is 0.258 e. The van der Waals surface area contributed by atoms with Crippen molar-refractivity contribution in [2.45, 2.75) is 15.2 Å². The molecule has 1 aromatic carbocycles. The Kier molecular flexibility index (Phi) is 4.51. The molecule has 0 bridgehead atoms. The minimum absolute atomic E-state index is 0.320. The Morgan fingerprint density at radius 1 is 1.29 bits per heavy atom. The van der Waals surface area contributed by atoms with Crippen molar-refractivity contribution >= 4 is 34.9 Å². The van der Waals surface area contributed by atoms with Crippen LogP contribution < -0.4 is 0 Å². The molecule has 0 aliphatic rings. The summed E-state index contributed by atoms with van der Waals surface area (Å²) in [5, 5.41) is 16.4. The standard InChI is InChI=1S/C12H10FN5S3/c1-19-12-18-15-9(21-12)6-20-11-14-10(16-17-11)7-4-2-3-5-8(7)13/h2-5H,6H2,1H3,(H,14,16,17). The third-order valence-corrected chi connectivity index (χ3v) is 5.48. The number of hydrogen-bond donors (Lipinski definition) is 1. The van der Waals surface area contributed by atoms with Gasteiger partial charge in [-0.1, -0.05) is 47.0 Å². The summed E-state index contributed by atoms with van der Waals surface area (Å²) in [5.41, 5.74) is 0.414. The zero-order chi connectivity index (χ0) is 14.7. The maximum absolute atomic E-state index is 13.7. The number of aromatic nitrogens is 5. The molecule has 3 rings (SSSR count). The van der Waals surface area contributed by atoms with Crippen LogP contribution in [0.15, 0.2) is 33.8 Å². The van der Waals surface area contributed by atoms with Gasteiger partial charge in [-0.3, -0.25) is 5.10 Å². The van der Waals surface area contributed by atoms with E-state index in [1.54, 1.807) is 41.3 Å². The molecule has 0 aliphatic carbocycles. The molecule has 1 N–H and O–H groups in total. The first-order valence-electron chi connectivity index (χ1n) is 5.92. The van der Waals surface area contributed by atoms with Crippen molar-refractivity contribution in [1.82, 2.24) is 25.4 Å². The highest BCUT2D eigenvalue weighted by Crippen LogP contribution is 2.26. The van der Waals surface area contributed by atoms with Gasteiger partial charge in [0.15, 0.2) is 10.2 Å². The van der Waals surface area contributed by atoms with Crippen molar-refractivity contribution in [3.05, 3.63) is 35.1 Å². The molecule has 0 spiro atoms. The van der Waals surface area contributed by atoms with Gasteiger partial charge in [-0.2, -0.15) is 0 Å². The van der Waals surface area contributed by atoms with Gasteiger partial charge in [-0.15, -0.1) is 15.3 Å². The fourth-order valence-electron chi connectivity index (χ4n) is 1.59. The maximum atomic E-state index is 13.7. The lowest BCUT2D eigenvalue weighted by Crippen LogP contribution is -1.85. The molecular weight excluding hydrogens is 329 g/mol. The predicted octanol–water partition coefficient (Wildman–Crippen LogP) is 3.48. The van der Waals surface area contributed by atoms with E-state index < -0.39 is 0 Å². The summed E-state index contributed by atoms with van der Waals surface area (Å²) in [6.45, 7) is 0. The number of halogens is 1. The first-order valence-corrected chi connectivity index (χ1v) is 8.95. The van der Waals surface area contributed by atoms with Crippen molar-refractivity contribution in [1.29, 1.82) is 0 Å². The molecule has 2 aromatic heterocycles. The summed E-state index contributed by atoms with van der Waals surface area (Å²) >= 11 is 4.56. The minimum atomic E-state index is -0.320. The van der Waals surface area contributed by atoms with Gasteiger partial charge in [0, 0.05) is 0 Å². The number of nitrogens with zero attached hydrogens (tertiary/aromatic N) is 4. The summed E-state index contributed by atoms with van der Waals surface area (Å²) in [6.07, 6.45) is 1.97. The molecular formula is C12H10FN5S3. The van der Waals surface area contributed by atoms with E-state index in [1.165, 1.54) is 17.8 Å². The number of hydrogen-bond acceptors (Lipinski definition) is 7. The van der Waals surface area contributed by atoms with Crippen LogP contribution in [0.1, 0.15) is 5.01 Å². The molecule has 3 aromatic rings. The van der Waals surface area contributed by atoms with Gasteiger partial charge in [0.1, 0.15) is 10.8 Å². The van der Waals surface area contributed by atoms with Gasteiger partial charge in [0.25, 0.3) is 0 Å². The molecule has 0 radical (unpaired) electrons. The van der Waals surface area contributed by atoms with Crippen LogP contribution >= 0.6 is 34.9 Å². The zero-order valence-corrected chi connectivity index (χ0v) is 13.4. The second-order valence-corrected chi connectivity index (χ2v) is 6.96. The van der Waals surface area contributed by atoms with Crippen LogP contribution in [0, 0.1) is 5.82 Å². The monoisotopic (exact) mass is 339 g/mol. The van der Waals surface area contributed by atoms with Crippen molar-refractivity contribution in [3.63, 3.8) is 0 Å². The third kappa shape index (κ3) is 3.42. The van der Waals surface area contributed by atoms with Gasteiger partial charge < -0.3 is 0 Å². The van der Waals surface area contributed by atoms with E-state index in [2.05, 4.69) is 25.4 Å². The molecule has 0 aliphatic heterocycles. The first kappa shape index (κ1) is 14.5. The molecule has 21 heavy (non-hydrogen) atoms.